The molecule has 0 saturated heterocycles. The quantitative estimate of drug-likeness (QED) is 0.604. The second kappa shape index (κ2) is 8.73. The molecule has 168 valence electrons. The Hall–Kier alpha value is -2.62. The molecule has 2 aromatic carbocycles. The zero-order valence-corrected chi connectivity index (χ0v) is 18.8. The fourth-order valence-corrected chi connectivity index (χ4v) is 7.50. The highest BCUT2D eigenvalue weighted by Crippen LogP contribution is 2.67. The summed E-state index contributed by atoms with van der Waals surface area (Å²) in [7, 11) is 0. The summed E-state index contributed by atoms with van der Waals surface area (Å²) in [5.41, 5.74) is 2.22. The lowest BCUT2D eigenvalue weighted by Gasteiger charge is -2.62. The number of amides is 2. The average Bonchev–Trinajstić information content (AvgIpc) is 2.79. The molecule has 0 aliphatic heterocycles. The van der Waals surface area contributed by atoms with Crippen LogP contribution in [0.1, 0.15) is 72.1 Å². The smallest absolute Gasteiger partial charge is 0.251 e. The second-order valence-electron chi connectivity index (χ2n) is 10.7. The van der Waals surface area contributed by atoms with E-state index in [1.807, 2.05) is 60.7 Å². The number of hydrogen-bond donors (Lipinski definition) is 2. The largest absolute Gasteiger partial charge is 0.352 e. The first-order valence-corrected chi connectivity index (χ1v) is 12.2. The van der Waals surface area contributed by atoms with Crippen LogP contribution < -0.4 is 10.6 Å². The van der Waals surface area contributed by atoms with Crippen LogP contribution in [-0.4, -0.2) is 24.9 Å². The van der Waals surface area contributed by atoms with E-state index in [4.69, 9.17) is 0 Å². The molecule has 2 N–H and O–H groups in total. The van der Waals surface area contributed by atoms with Gasteiger partial charge in [0.2, 0.25) is 0 Å². The molecule has 4 saturated carbocycles. The Kier molecular flexibility index (Phi) is 5.79. The van der Waals surface area contributed by atoms with Gasteiger partial charge in [-0.15, -0.1) is 0 Å². The summed E-state index contributed by atoms with van der Waals surface area (Å²) in [4.78, 5) is 24.9. The summed E-state index contributed by atoms with van der Waals surface area (Å²) in [5, 5.41) is 6.33. The van der Waals surface area contributed by atoms with Gasteiger partial charge < -0.3 is 10.6 Å². The summed E-state index contributed by atoms with van der Waals surface area (Å²) in [6.45, 7) is 1.52. The predicted molar refractivity (Wildman–Crippen MR) is 126 cm³/mol. The molecule has 0 heterocycles. The zero-order valence-electron chi connectivity index (χ0n) is 18.8. The topological polar surface area (TPSA) is 58.2 Å². The van der Waals surface area contributed by atoms with Crippen LogP contribution in [0.4, 0.5) is 0 Å². The van der Waals surface area contributed by atoms with Gasteiger partial charge in [0.1, 0.15) is 0 Å². The van der Waals surface area contributed by atoms with Crippen LogP contribution >= 0.6 is 0 Å². The van der Waals surface area contributed by atoms with Gasteiger partial charge in [0.05, 0.1) is 0 Å². The number of hydrogen-bond acceptors (Lipinski definition) is 2. The van der Waals surface area contributed by atoms with Gasteiger partial charge in [0, 0.05) is 24.2 Å². The van der Waals surface area contributed by atoms with Gasteiger partial charge in [0.15, 0.2) is 0 Å². The van der Waals surface area contributed by atoms with Crippen LogP contribution in [0.5, 0.6) is 0 Å². The zero-order chi connectivity index (χ0) is 22.0. The Morgan fingerprint density at radius 3 is 1.50 bits per heavy atom. The van der Waals surface area contributed by atoms with E-state index < -0.39 is 0 Å². The van der Waals surface area contributed by atoms with Crippen LogP contribution in [0.2, 0.25) is 0 Å². The first-order valence-electron chi connectivity index (χ1n) is 12.2. The molecule has 4 aliphatic carbocycles. The van der Waals surface area contributed by atoms with E-state index in [2.05, 4.69) is 10.6 Å². The van der Waals surface area contributed by atoms with Crippen molar-refractivity contribution in [1.29, 1.82) is 0 Å². The second-order valence-corrected chi connectivity index (χ2v) is 10.7. The molecule has 4 aliphatic rings. The van der Waals surface area contributed by atoms with Crippen LogP contribution in [-0.2, 0) is 0 Å². The maximum atomic E-state index is 12.5. The normalized spacial score (nSPS) is 30.1. The third-order valence-corrected chi connectivity index (χ3v) is 8.26. The van der Waals surface area contributed by atoms with Crippen molar-refractivity contribution in [2.24, 2.45) is 22.7 Å². The molecule has 4 bridgehead atoms. The summed E-state index contributed by atoms with van der Waals surface area (Å²) < 4.78 is 0. The number of carbonyl (C=O) groups is 2. The van der Waals surface area contributed by atoms with E-state index >= 15 is 0 Å². The van der Waals surface area contributed by atoms with E-state index in [0.717, 1.165) is 48.9 Å². The monoisotopic (exact) mass is 430 g/mol. The highest BCUT2D eigenvalue weighted by atomic mass is 16.2. The summed E-state index contributed by atoms with van der Waals surface area (Å²) in [6, 6.07) is 19.0. The van der Waals surface area contributed by atoms with Gasteiger partial charge in [-0.3, -0.25) is 9.59 Å². The van der Waals surface area contributed by atoms with Gasteiger partial charge in [-0.25, -0.2) is 0 Å². The van der Waals surface area contributed by atoms with Crippen molar-refractivity contribution in [2.75, 3.05) is 13.1 Å². The molecular weight excluding hydrogens is 396 g/mol. The van der Waals surface area contributed by atoms with Crippen molar-refractivity contribution in [1.82, 2.24) is 10.6 Å². The van der Waals surface area contributed by atoms with Gasteiger partial charge in [0.25, 0.3) is 11.8 Å². The van der Waals surface area contributed by atoms with Crippen LogP contribution in [0.25, 0.3) is 0 Å². The number of benzene rings is 2. The third-order valence-electron chi connectivity index (χ3n) is 8.26. The molecule has 32 heavy (non-hydrogen) atoms. The molecule has 4 fully saturated rings. The van der Waals surface area contributed by atoms with Gasteiger partial charge in [-0.05, 0) is 98.3 Å². The fraction of sp³-hybridized carbons (Fsp3) is 0.500. The lowest BCUT2D eigenvalue weighted by atomic mass is 9.43. The molecule has 4 nitrogen and oxygen atoms in total. The Balaban J connectivity index is 1.17. The van der Waals surface area contributed by atoms with E-state index in [0.29, 0.717) is 10.8 Å². The van der Waals surface area contributed by atoms with Crippen molar-refractivity contribution < 1.29 is 9.59 Å². The Labute approximate surface area is 191 Å². The van der Waals surface area contributed by atoms with E-state index in [1.165, 1.54) is 38.5 Å². The molecule has 2 amide bonds. The third kappa shape index (κ3) is 4.46. The molecule has 4 heteroatoms. The van der Waals surface area contributed by atoms with Crippen LogP contribution in [0.3, 0.4) is 0 Å². The molecule has 6 rings (SSSR count). The SMILES string of the molecule is O=C(NCCC12CC3CC(C1)CC(CCNC(=O)c1ccccc1)(C3)C2)c1ccccc1. The maximum Gasteiger partial charge on any atom is 0.251 e. The van der Waals surface area contributed by atoms with Gasteiger partial charge >= 0.3 is 0 Å². The molecule has 0 radical (unpaired) electrons. The minimum Gasteiger partial charge on any atom is -0.352 e. The van der Waals surface area contributed by atoms with E-state index in [-0.39, 0.29) is 11.8 Å². The molecule has 0 unspecified atom stereocenters. The summed E-state index contributed by atoms with van der Waals surface area (Å²) >= 11 is 0. The fourth-order valence-electron chi connectivity index (χ4n) is 7.50. The number of rotatable bonds is 8. The molecule has 2 aromatic rings. The molecule has 0 atom stereocenters. The maximum absolute atomic E-state index is 12.5. The molecule has 0 aromatic heterocycles. The van der Waals surface area contributed by atoms with Crippen molar-refractivity contribution in [3.63, 3.8) is 0 Å². The van der Waals surface area contributed by atoms with Crippen LogP contribution in [0.15, 0.2) is 60.7 Å². The lowest BCUT2D eigenvalue weighted by Crippen LogP contribution is -2.53. The van der Waals surface area contributed by atoms with Gasteiger partial charge in [-0.1, -0.05) is 36.4 Å². The Bertz CT molecular complexity index is 866. The predicted octanol–water partition coefficient (Wildman–Crippen LogP) is 5.21. The Morgan fingerprint density at radius 2 is 1.09 bits per heavy atom. The van der Waals surface area contributed by atoms with Crippen LogP contribution in [0, 0.1) is 22.7 Å². The van der Waals surface area contributed by atoms with E-state index in [1.54, 1.807) is 0 Å². The van der Waals surface area contributed by atoms with Crippen molar-refractivity contribution in [2.45, 2.75) is 51.4 Å². The Morgan fingerprint density at radius 1 is 0.688 bits per heavy atom. The summed E-state index contributed by atoms with van der Waals surface area (Å²) in [6.07, 6.45) is 10.1. The highest BCUT2D eigenvalue weighted by Gasteiger charge is 2.56. The van der Waals surface area contributed by atoms with Crippen molar-refractivity contribution >= 4 is 11.8 Å². The standard InChI is InChI=1S/C28H34N2O2/c31-25(23-7-3-1-4-8-23)29-13-11-27-16-21-15-22(17-27)19-28(18-21,20-27)12-14-30-26(32)24-9-5-2-6-10-24/h1-10,21-22H,11-20H2,(H,29,31)(H,30,32). The lowest BCUT2D eigenvalue weighted by molar-refractivity contribution is -0.116. The minimum absolute atomic E-state index is 0.0358. The first-order chi connectivity index (χ1) is 15.5. The summed E-state index contributed by atoms with van der Waals surface area (Å²) in [5.74, 6) is 1.72. The van der Waals surface area contributed by atoms with Gasteiger partial charge in [-0.2, -0.15) is 0 Å². The number of nitrogens with one attached hydrogen (secondary N) is 2. The highest BCUT2D eigenvalue weighted by molar-refractivity contribution is 5.94. The number of carbonyl (C=O) groups excluding carboxylic acids is 2. The first kappa shape index (κ1) is 21.2. The van der Waals surface area contributed by atoms with Crippen molar-refractivity contribution in [3.8, 4) is 0 Å². The van der Waals surface area contributed by atoms with E-state index in [9.17, 15) is 9.59 Å². The van der Waals surface area contributed by atoms with Crippen molar-refractivity contribution in [3.05, 3.63) is 71.8 Å². The average molecular weight is 431 g/mol. The molecular formula is C28H34N2O2. The molecule has 0 spiro atoms. The minimum atomic E-state index is 0.0358.